The maximum absolute atomic E-state index is 11.9. The van der Waals surface area contributed by atoms with Gasteiger partial charge >= 0.3 is 0 Å². The first-order chi connectivity index (χ1) is 8.65. The molecule has 3 nitrogen and oxygen atoms in total. The minimum atomic E-state index is 0.101. The van der Waals surface area contributed by atoms with E-state index in [2.05, 4.69) is 25.9 Å². The van der Waals surface area contributed by atoms with Gasteiger partial charge in [-0.3, -0.25) is 4.79 Å². The lowest BCUT2D eigenvalue weighted by atomic mass is 10.2. The lowest BCUT2D eigenvalue weighted by Crippen LogP contribution is -2.02. The van der Waals surface area contributed by atoms with Crippen LogP contribution in [0.4, 0.5) is 0 Å². The Bertz CT molecular complexity index is 557. The van der Waals surface area contributed by atoms with Crippen molar-refractivity contribution in [3.05, 3.63) is 52.4 Å². The van der Waals surface area contributed by atoms with E-state index in [1.54, 1.807) is 0 Å². The van der Waals surface area contributed by atoms with Crippen LogP contribution in [0.3, 0.4) is 0 Å². The third kappa shape index (κ3) is 3.65. The van der Waals surface area contributed by atoms with Crippen molar-refractivity contribution in [1.82, 2.24) is 9.97 Å². The molecule has 1 aromatic heterocycles. The van der Waals surface area contributed by atoms with Crippen LogP contribution in [-0.2, 0) is 0 Å². The third-order valence-corrected chi connectivity index (χ3v) is 3.75. The van der Waals surface area contributed by atoms with Gasteiger partial charge in [-0.15, -0.1) is 0 Å². The summed E-state index contributed by atoms with van der Waals surface area (Å²) in [4.78, 5) is 20.1. The number of benzene rings is 1. The van der Waals surface area contributed by atoms with Gasteiger partial charge in [0.1, 0.15) is 11.4 Å². The molecule has 0 aliphatic heterocycles. The molecule has 0 amide bonds. The first-order valence-electron chi connectivity index (χ1n) is 5.35. The zero-order chi connectivity index (χ0) is 13.0. The summed E-state index contributed by atoms with van der Waals surface area (Å²) in [5.74, 6) is 0.488. The van der Waals surface area contributed by atoms with Crippen molar-refractivity contribution < 1.29 is 4.79 Å². The maximum Gasteiger partial charge on any atom is 0.173 e. The lowest BCUT2D eigenvalue weighted by molar-refractivity contribution is 0.102. The van der Waals surface area contributed by atoms with E-state index in [-0.39, 0.29) is 5.78 Å². The molecule has 0 aliphatic rings. The summed E-state index contributed by atoms with van der Waals surface area (Å²) < 4.78 is 0.970. The lowest BCUT2D eigenvalue weighted by Gasteiger charge is -2.02. The Balaban J connectivity index is 1.98. The van der Waals surface area contributed by atoms with E-state index in [0.717, 1.165) is 20.8 Å². The van der Waals surface area contributed by atoms with Crippen LogP contribution in [-0.4, -0.2) is 21.5 Å². The van der Waals surface area contributed by atoms with Crippen molar-refractivity contribution in [3.63, 3.8) is 0 Å². The first kappa shape index (κ1) is 13.2. The highest BCUT2D eigenvalue weighted by Gasteiger charge is 2.07. The van der Waals surface area contributed by atoms with Crippen molar-refractivity contribution in [2.45, 2.75) is 11.9 Å². The molecule has 0 radical (unpaired) electrons. The van der Waals surface area contributed by atoms with Gasteiger partial charge in [-0.2, -0.15) is 0 Å². The molecule has 1 heterocycles. The number of carbonyl (C=O) groups is 1. The fraction of sp³-hybridized carbons (Fsp3) is 0.154. The van der Waals surface area contributed by atoms with Gasteiger partial charge < -0.3 is 0 Å². The summed E-state index contributed by atoms with van der Waals surface area (Å²) in [5, 5.41) is 0.827. The molecular formula is C13H11BrN2OS. The van der Waals surface area contributed by atoms with E-state index >= 15 is 0 Å². The van der Waals surface area contributed by atoms with Crippen molar-refractivity contribution in [1.29, 1.82) is 0 Å². The van der Waals surface area contributed by atoms with E-state index < -0.39 is 0 Å². The molecule has 0 aliphatic carbocycles. The normalized spacial score (nSPS) is 10.3. The van der Waals surface area contributed by atoms with Crippen LogP contribution in [0.15, 0.2) is 46.2 Å². The van der Waals surface area contributed by atoms with Gasteiger partial charge in [-0.25, -0.2) is 9.97 Å². The molecule has 5 heteroatoms. The number of thioether (sulfide) groups is 1. The van der Waals surface area contributed by atoms with Crippen LogP contribution in [0.25, 0.3) is 0 Å². The number of hydrogen-bond acceptors (Lipinski definition) is 4. The molecule has 1 aromatic carbocycles. The second-order valence-electron chi connectivity index (χ2n) is 3.72. The average molecular weight is 323 g/mol. The van der Waals surface area contributed by atoms with Gasteiger partial charge in [0.05, 0.1) is 5.75 Å². The Kier molecular flexibility index (Phi) is 4.49. The van der Waals surface area contributed by atoms with Crippen LogP contribution in [0.2, 0.25) is 0 Å². The Morgan fingerprint density at radius 1 is 1.28 bits per heavy atom. The summed E-state index contributed by atoms with van der Waals surface area (Å²) in [6.07, 6.45) is 1.52. The predicted octanol–water partition coefficient (Wildman–Crippen LogP) is 3.52. The SMILES string of the molecule is Cc1cc(SCC(=O)c2ccc(Br)cc2)ncn1. The van der Waals surface area contributed by atoms with E-state index in [4.69, 9.17) is 0 Å². The molecule has 92 valence electrons. The summed E-state index contributed by atoms with van der Waals surface area (Å²) in [5.41, 5.74) is 1.63. The number of rotatable bonds is 4. The van der Waals surface area contributed by atoms with E-state index in [0.29, 0.717) is 5.75 Å². The molecule has 0 spiro atoms. The minimum absolute atomic E-state index is 0.101. The molecule has 2 rings (SSSR count). The predicted molar refractivity (Wildman–Crippen MR) is 76.0 cm³/mol. The number of Topliss-reactive ketones (excluding diaryl/α,β-unsaturated/α-hetero) is 1. The second kappa shape index (κ2) is 6.11. The number of halogens is 1. The van der Waals surface area contributed by atoms with E-state index in [1.807, 2.05) is 37.3 Å². The fourth-order valence-electron chi connectivity index (χ4n) is 1.37. The largest absolute Gasteiger partial charge is 0.293 e. The number of nitrogens with zero attached hydrogens (tertiary/aromatic N) is 2. The van der Waals surface area contributed by atoms with Gasteiger partial charge in [0.2, 0.25) is 0 Å². The maximum atomic E-state index is 11.9. The molecule has 0 atom stereocenters. The van der Waals surface area contributed by atoms with Crippen LogP contribution in [0.5, 0.6) is 0 Å². The highest BCUT2D eigenvalue weighted by molar-refractivity contribution is 9.10. The fourth-order valence-corrected chi connectivity index (χ4v) is 2.45. The number of aromatic nitrogens is 2. The first-order valence-corrected chi connectivity index (χ1v) is 7.13. The number of carbonyl (C=O) groups excluding carboxylic acids is 1. The summed E-state index contributed by atoms with van der Waals surface area (Å²) in [7, 11) is 0. The number of aryl methyl sites for hydroxylation is 1. The highest BCUT2D eigenvalue weighted by atomic mass is 79.9. The molecule has 2 aromatic rings. The van der Waals surface area contributed by atoms with Crippen LogP contribution in [0.1, 0.15) is 16.1 Å². The van der Waals surface area contributed by atoms with Gasteiger partial charge in [0.15, 0.2) is 5.78 Å². The van der Waals surface area contributed by atoms with Gasteiger partial charge in [0, 0.05) is 15.7 Å². The minimum Gasteiger partial charge on any atom is -0.293 e. The van der Waals surface area contributed by atoms with Crippen molar-refractivity contribution >= 4 is 33.5 Å². The third-order valence-electron chi connectivity index (χ3n) is 2.30. The Hall–Kier alpha value is -1.20. The van der Waals surface area contributed by atoms with Crippen LogP contribution < -0.4 is 0 Å². The molecule has 0 saturated carbocycles. The number of ketones is 1. The summed E-state index contributed by atoms with van der Waals surface area (Å²) >= 11 is 4.77. The molecule has 0 saturated heterocycles. The van der Waals surface area contributed by atoms with Gasteiger partial charge in [-0.05, 0) is 25.1 Å². The highest BCUT2D eigenvalue weighted by Crippen LogP contribution is 2.18. The zero-order valence-electron chi connectivity index (χ0n) is 9.76. The Morgan fingerprint density at radius 3 is 2.67 bits per heavy atom. The zero-order valence-corrected chi connectivity index (χ0v) is 12.2. The monoisotopic (exact) mass is 322 g/mol. The van der Waals surface area contributed by atoms with Gasteiger partial charge in [-0.1, -0.05) is 39.8 Å². The molecular weight excluding hydrogens is 312 g/mol. The average Bonchev–Trinajstić information content (AvgIpc) is 2.37. The van der Waals surface area contributed by atoms with Crippen molar-refractivity contribution in [2.75, 3.05) is 5.75 Å². The molecule has 18 heavy (non-hydrogen) atoms. The van der Waals surface area contributed by atoms with Crippen molar-refractivity contribution in [3.8, 4) is 0 Å². The standard InChI is InChI=1S/C13H11BrN2OS/c1-9-6-13(16-8-15-9)18-7-12(17)10-2-4-11(14)5-3-10/h2-6,8H,7H2,1H3. The smallest absolute Gasteiger partial charge is 0.173 e. The molecule has 0 N–H and O–H groups in total. The van der Waals surface area contributed by atoms with Gasteiger partial charge in [0.25, 0.3) is 0 Å². The summed E-state index contributed by atoms with van der Waals surface area (Å²) in [6.45, 7) is 1.91. The Labute approximate surface area is 118 Å². The Morgan fingerprint density at radius 2 is 2.00 bits per heavy atom. The van der Waals surface area contributed by atoms with Crippen LogP contribution in [0, 0.1) is 6.92 Å². The molecule has 0 fully saturated rings. The summed E-state index contributed by atoms with van der Waals surface area (Å²) in [6, 6.07) is 9.25. The van der Waals surface area contributed by atoms with E-state index in [1.165, 1.54) is 18.1 Å². The second-order valence-corrected chi connectivity index (χ2v) is 5.63. The van der Waals surface area contributed by atoms with Crippen molar-refractivity contribution in [2.24, 2.45) is 0 Å². The quantitative estimate of drug-likeness (QED) is 0.490. The van der Waals surface area contributed by atoms with Crippen LogP contribution >= 0.6 is 27.7 Å². The van der Waals surface area contributed by atoms with E-state index in [9.17, 15) is 4.79 Å². The topological polar surface area (TPSA) is 42.9 Å². The molecule has 0 unspecified atom stereocenters. The molecule has 0 bridgehead atoms. The number of hydrogen-bond donors (Lipinski definition) is 0.